The number of oxime groups is 1. The lowest BCUT2D eigenvalue weighted by molar-refractivity contribution is -0.256. The number of aliphatic hydroxyl groups excluding tert-OH is 2. The number of methoxy groups -OCH3 is 1. The Labute approximate surface area is 403 Å². The van der Waals surface area contributed by atoms with Gasteiger partial charge in [0, 0.05) is 37.7 Å². The summed E-state index contributed by atoms with van der Waals surface area (Å²) in [4.78, 5) is 34.3. The van der Waals surface area contributed by atoms with Crippen molar-refractivity contribution >= 4 is 18.1 Å². The number of rotatable bonds is 24. The number of nitrogens with zero attached hydrogens (tertiary/aromatic N) is 2. The molecule has 0 bridgehead atoms. The van der Waals surface area contributed by atoms with Gasteiger partial charge in [-0.05, 0) is 103 Å². The van der Waals surface area contributed by atoms with Crippen LogP contribution in [0.2, 0.25) is 0 Å². The van der Waals surface area contributed by atoms with Gasteiger partial charge in [0.15, 0.2) is 17.8 Å². The highest BCUT2D eigenvalue weighted by Crippen LogP contribution is 2.62. The molecular formula is C54H62N2O13. The summed E-state index contributed by atoms with van der Waals surface area (Å²) in [7, 11) is 3.02. The van der Waals surface area contributed by atoms with E-state index in [0.717, 1.165) is 54.2 Å². The monoisotopic (exact) mass is 946 g/mol. The molecule has 366 valence electrons. The number of benzene rings is 4. The van der Waals surface area contributed by atoms with E-state index in [1.165, 1.54) is 14.2 Å². The molecule has 6 atom stereocenters. The van der Waals surface area contributed by atoms with Crippen LogP contribution in [0.5, 0.6) is 34.5 Å². The molecule has 0 unspecified atom stereocenters. The maximum Gasteiger partial charge on any atom is 0.410 e. The molecule has 2 aliphatic heterocycles. The molecule has 15 heteroatoms. The maximum absolute atomic E-state index is 15.0. The van der Waals surface area contributed by atoms with Gasteiger partial charge in [0.1, 0.15) is 42.8 Å². The van der Waals surface area contributed by atoms with Crippen LogP contribution in [-0.4, -0.2) is 99.1 Å². The highest BCUT2D eigenvalue weighted by Gasteiger charge is 2.65. The molecule has 1 amide bonds. The van der Waals surface area contributed by atoms with Gasteiger partial charge in [0.05, 0.1) is 44.1 Å². The number of amides is 1. The summed E-state index contributed by atoms with van der Waals surface area (Å²) in [6, 6.07) is 25.2. The first-order valence-electron chi connectivity index (χ1n) is 23.7. The minimum atomic E-state index is -1.55. The molecule has 0 radical (unpaired) electrons. The van der Waals surface area contributed by atoms with Crippen LogP contribution in [0.1, 0.15) is 77.9 Å². The van der Waals surface area contributed by atoms with Gasteiger partial charge >= 0.3 is 6.09 Å². The van der Waals surface area contributed by atoms with Crippen molar-refractivity contribution in [2.45, 2.75) is 75.8 Å². The molecule has 2 N–H and O–H groups in total. The Kier molecular flexibility index (Phi) is 16.5. The van der Waals surface area contributed by atoms with E-state index < -0.39 is 23.8 Å². The topological polar surface area (TPSA) is 173 Å². The summed E-state index contributed by atoms with van der Waals surface area (Å²) >= 11 is 0. The average molecular weight is 947 g/mol. The normalized spacial score (nSPS) is 22.3. The number of ether oxygens (including phenoxy) is 8. The fraction of sp³-hybridized carbons (Fsp3) is 0.426. The lowest BCUT2D eigenvalue weighted by atomic mass is 9.55. The molecule has 1 saturated carbocycles. The molecular weight excluding hydrogens is 885 g/mol. The van der Waals surface area contributed by atoms with Gasteiger partial charge in [0.25, 0.3) is 0 Å². The number of aldehydes is 1. The molecule has 4 aromatic rings. The quantitative estimate of drug-likeness (QED) is 0.0295. The Bertz CT molecular complexity index is 2460. The number of allylic oxidation sites excluding steroid dienone is 1. The second kappa shape index (κ2) is 23.3. The van der Waals surface area contributed by atoms with Crippen molar-refractivity contribution in [1.82, 2.24) is 4.90 Å². The van der Waals surface area contributed by atoms with Gasteiger partial charge in [0.2, 0.25) is 12.6 Å². The van der Waals surface area contributed by atoms with Crippen molar-refractivity contribution < 1.29 is 62.5 Å². The minimum Gasteiger partial charge on any atom is -0.496 e. The number of fused-ring (bicyclic) bond motifs is 3. The van der Waals surface area contributed by atoms with Crippen LogP contribution >= 0.6 is 0 Å². The highest BCUT2D eigenvalue weighted by molar-refractivity contribution is 6.03. The van der Waals surface area contributed by atoms with E-state index in [-0.39, 0.29) is 70.5 Å². The molecule has 15 nitrogen and oxygen atoms in total. The Morgan fingerprint density at radius 2 is 1.65 bits per heavy atom. The summed E-state index contributed by atoms with van der Waals surface area (Å²) in [5, 5.41) is 24.7. The third-order valence-electron chi connectivity index (χ3n) is 13.4. The third-order valence-corrected chi connectivity index (χ3v) is 13.4. The number of hydrogen-bond acceptors (Lipinski definition) is 14. The van der Waals surface area contributed by atoms with E-state index in [1.807, 2.05) is 66.7 Å². The summed E-state index contributed by atoms with van der Waals surface area (Å²) in [6.45, 7) is 4.89. The Hall–Kier alpha value is -6.39. The lowest BCUT2D eigenvalue weighted by Gasteiger charge is -2.59. The predicted octanol–water partition coefficient (Wildman–Crippen LogP) is 9.15. The highest BCUT2D eigenvalue weighted by atomic mass is 16.7. The summed E-state index contributed by atoms with van der Waals surface area (Å²) < 4.78 is 49.9. The van der Waals surface area contributed by atoms with Crippen LogP contribution in [0.3, 0.4) is 0 Å². The van der Waals surface area contributed by atoms with Crippen LogP contribution < -0.4 is 23.7 Å². The van der Waals surface area contributed by atoms with E-state index >= 15 is 0 Å². The van der Waals surface area contributed by atoms with Crippen molar-refractivity contribution in [2.24, 2.45) is 22.9 Å². The van der Waals surface area contributed by atoms with Crippen molar-refractivity contribution in [3.63, 3.8) is 0 Å². The molecule has 8 rings (SSSR count). The molecule has 69 heavy (non-hydrogen) atoms. The second-order valence-electron chi connectivity index (χ2n) is 17.5. The van der Waals surface area contributed by atoms with Gasteiger partial charge in [-0.25, -0.2) is 4.79 Å². The largest absolute Gasteiger partial charge is 0.496 e. The van der Waals surface area contributed by atoms with Crippen LogP contribution in [0.25, 0.3) is 0 Å². The zero-order chi connectivity index (χ0) is 48.2. The van der Waals surface area contributed by atoms with Gasteiger partial charge in [-0.1, -0.05) is 66.5 Å². The number of aliphatic hydroxyl groups is 2. The van der Waals surface area contributed by atoms with E-state index in [9.17, 15) is 19.8 Å². The van der Waals surface area contributed by atoms with Crippen molar-refractivity contribution in [3.05, 3.63) is 131 Å². The fourth-order valence-corrected chi connectivity index (χ4v) is 10.4. The van der Waals surface area contributed by atoms with Crippen molar-refractivity contribution in [2.75, 3.05) is 54.0 Å². The first-order chi connectivity index (χ1) is 33.8. The summed E-state index contributed by atoms with van der Waals surface area (Å²) in [6.07, 6.45) is 8.52. The fourth-order valence-electron chi connectivity index (χ4n) is 10.4. The number of carbonyl (C=O) groups excluding carboxylic acids is 2. The summed E-state index contributed by atoms with van der Waals surface area (Å²) in [5.74, 6) is 0.634. The van der Waals surface area contributed by atoms with Gasteiger partial charge in [-0.15, -0.1) is 6.58 Å². The Morgan fingerprint density at radius 3 is 2.42 bits per heavy atom. The Balaban J connectivity index is 1.26. The number of unbranched alkanes of at least 4 members (excludes halogenated alkanes) is 2. The van der Waals surface area contributed by atoms with Gasteiger partial charge in [-0.3, -0.25) is 9.69 Å². The summed E-state index contributed by atoms with van der Waals surface area (Å²) in [5.41, 5.74) is 4.47. The molecule has 0 saturated heterocycles. The van der Waals surface area contributed by atoms with Gasteiger partial charge < -0.3 is 52.9 Å². The van der Waals surface area contributed by atoms with Crippen LogP contribution in [0, 0.1) is 17.8 Å². The lowest BCUT2D eigenvalue weighted by Crippen LogP contribution is -2.70. The van der Waals surface area contributed by atoms with Crippen molar-refractivity contribution in [3.8, 4) is 34.5 Å². The molecule has 4 aliphatic rings. The van der Waals surface area contributed by atoms with Crippen LogP contribution in [0.4, 0.5) is 4.79 Å². The van der Waals surface area contributed by atoms with E-state index in [1.54, 1.807) is 29.2 Å². The second-order valence-corrected chi connectivity index (χ2v) is 17.5. The van der Waals surface area contributed by atoms with Crippen molar-refractivity contribution in [1.29, 1.82) is 0 Å². The molecule has 1 fully saturated rings. The SMILES string of the molecule is C=CCO[C@@]12Oc3ccc(Oc4ccc(OC)c(C=O)c4)cc3[C@H]3[C@H](CCCCO)[C@@H](CCCCO)C=C(C(=NOC)C[C@@H]1N(Cc1ccc4c(c1)OCO4)C(=O)OCCOCc1ccccc1)[C@H]32. The smallest absolute Gasteiger partial charge is 0.410 e. The van der Waals surface area contributed by atoms with E-state index in [4.69, 9.17) is 47.9 Å². The standard InChI is InChI=1S/C54H62N2O13/c1-4-24-67-54-50(56(32-37-16-19-48-49(27-37)66-35-65-48)53(60)64-26-25-63-34-36-12-6-5-7-13-36)31-45(55-62-3)43-29-38(14-8-10-22-57)42(15-9-11-23-58)51(52(43)54)44-30-41(18-21-47(44)69-54)68-40-17-20-46(61-2)39(28-40)33-59/h4-7,12-13,16-21,27-30,33,38,42,50-52,57-58H,1,8-11,14-15,22-26,31-32,34-35H2,2-3H3/t38-,42+,50-,51+,52+,54+/m0/s1. The third kappa shape index (κ3) is 10.9. The average Bonchev–Trinajstić information content (AvgIpc) is 3.85. The molecule has 0 aromatic heterocycles. The van der Waals surface area contributed by atoms with Crippen LogP contribution in [0.15, 0.2) is 114 Å². The minimum absolute atomic E-state index is 0.0139. The molecule has 2 aliphatic carbocycles. The molecule has 4 aromatic carbocycles. The van der Waals surface area contributed by atoms with Gasteiger partial charge in [-0.2, -0.15) is 0 Å². The molecule has 0 spiro atoms. The first kappa shape index (κ1) is 49.0. The maximum atomic E-state index is 15.0. The zero-order valence-electron chi connectivity index (χ0n) is 39.3. The Morgan fingerprint density at radius 1 is 0.884 bits per heavy atom. The van der Waals surface area contributed by atoms with E-state index in [2.05, 4.69) is 12.7 Å². The zero-order valence-corrected chi connectivity index (χ0v) is 39.3. The first-order valence-corrected chi connectivity index (χ1v) is 23.7. The number of carbonyl (C=O) groups is 2. The molecule has 2 heterocycles. The number of hydrogen-bond donors (Lipinski definition) is 2. The van der Waals surface area contributed by atoms with E-state index in [0.29, 0.717) is 65.2 Å². The predicted molar refractivity (Wildman–Crippen MR) is 256 cm³/mol. The van der Waals surface area contributed by atoms with Crippen LogP contribution in [-0.2, 0) is 32.2 Å².